The van der Waals surface area contributed by atoms with Gasteiger partial charge < -0.3 is 9.47 Å². The summed E-state index contributed by atoms with van der Waals surface area (Å²) < 4.78 is 52.4. The number of rotatable bonds is 8. The zero-order valence-corrected chi connectivity index (χ0v) is 18.0. The van der Waals surface area contributed by atoms with Gasteiger partial charge in [-0.3, -0.25) is 0 Å². The monoisotopic (exact) mass is 445 g/mol. The zero-order chi connectivity index (χ0) is 23.1. The van der Waals surface area contributed by atoms with Gasteiger partial charge >= 0.3 is 5.97 Å². The number of benzene rings is 2. The highest BCUT2D eigenvalue weighted by Crippen LogP contribution is 2.32. The predicted molar refractivity (Wildman–Crippen MR) is 113 cm³/mol. The number of carbonyl (C=O) groups excluding carboxylic acids is 1. The number of nitrogens with zero attached hydrogens (tertiary/aromatic N) is 1. The SMILES string of the molecule is CCCCC1CCC(COc2ccc(C(=O)Oc3cc(F)c(C#N)c(F)c3)c(F)c2)CC1. The average molecular weight is 445 g/mol. The number of hydrogen-bond donors (Lipinski definition) is 0. The molecule has 1 aliphatic rings. The Hall–Kier alpha value is -3.01. The summed E-state index contributed by atoms with van der Waals surface area (Å²) in [5, 5.41) is 8.68. The van der Waals surface area contributed by atoms with E-state index in [0.29, 0.717) is 30.4 Å². The summed E-state index contributed by atoms with van der Waals surface area (Å²) in [4.78, 5) is 12.2. The second kappa shape index (κ2) is 11.0. The van der Waals surface area contributed by atoms with Crippen LogP contribution in [-0.2, 0) is 0 Å². The first-order valence-corrected chi connectivity index (χ1v) is 10.9. The van der Waals surface area contributed by atoms with Crippen LogP contribution >= 0.6 is 0 Å². The molecule has 0 spiro atoms. The number of nitriles is 1. The Morgan fingerprint density at radius 2 is 1.62 bits per heavy atom. The normalized spacial score (nSPS) is 18.1. The van der Waals surface area contributed by atoms with E-state index < -0.39 is 34.7 Å². The van der Waals surface area contributed by atoms with Crippen LogP contribution in [0.3, 0.4) is 0 Å². The fraction of sp³-hybridized carbons (Fsp3) is 0.440. The molecule has 4 nitrogen and oxygen atoms in total. The Bertz CT molecular complexity index is 971. The molecule has 3 rings (SSSR count). The summed E-state index contributed by atoms with van der Waals surface area (Å²) >= 11 is 0. The maximum atomic E-state index is 14.4. The first-order valence-electron chi connectivity index (χ1n) is 10.9. The second-order valence-corrected chi connectivity index (χ2v) is 8.24. The molecule has 0 unspecified atom stereocenters. The highest BCUT2D eigenvalue weighted by Gasteiger charge is 2.22. The Morgan fingerprint density at radius 3 is 2.22 bits per heavy atom. The molecule has 0 saturated heterocycles. The molecule has 0 bridgehead atoms. The van der Waals surface area contributed by atoms with Crippen molar-refractivity contribution in [3.8, 4) is 17.6 Å². The molecule has 2 aromatic carbocycles. The number of unbranched alkanes of at least 4 members (excludes halogenated alkanes) is 1. The summed E-state index contributed by atoms with van der Waals surface area (Å²) in [5.74, 6) is -3.22. The van der Waals surface area contributed by atoms with Gasteiger partial charge in [-0.2, -0.15) is 5.26 Å². The van der Waals surface area contributed by atoms with Crippen LogP contribution in [0.25, 0.3) is 0 Å². The second-order valence-electron chi connectivity index (χ2n) is 8.24. The van der Waals surface area contributed by atoms with E-state index in [2.05, 4.69) is 6.92 Å². The van der Waals surface area contributed by atoms with Crippen LogP contribution < -0.4 is 9.47 Å². The van der Waals surface area contributed by atoms with Crippen LogP contribution in [-0.4, -0.2) is 12.6 Å². The van der Waals surface area contributed by atoms with E-state index in [9.17, 15) is 18.0 Å². The minimum Gasteiger partial charge on any atom is -0.493 e. The van der Waals surface area contributed by atoms with Crippen LogP contribution in [0.1, 0.15) is 67.8 Å². The van der Waals surface area contributed by atoms with Crippen LogP contribution in [0.4, 0.5) is 13.2 Å². The molecule has 0 atom stereocenters. The number of carbonyl (C=O) groups is 1. The molecule has 0 radical (unpaired) electrons. The lowest BCUT2D eigenvalue weighted by Crippen LogP contribution is -2.20. The molecule has 7 heteroatoms. The van der Waals surface area contributed by atoms with Crippen molar-refractivity contribution >= 4 is 5.97 Å². The van der Waals surface area contributed by atoms with Crippen molar-refractivity contribution in [1.82, 2.24) is 0 Å². The van der Waals surface area contributed by atoms with E-state index in [0.717, 1.165) is 24.8 Å². The lowest BCUT2D eigenvalue weighted by molar-refractivity contribution is 0.0729. The molecule has 0 amide bonds. The van der Waals surface area contributed by atoms with Crippen molar-refractivity contribution in [2.24, 2.45) is 11.8 Å². The van der Waals surface area contributed by atoms with E-state index in [4.69, 9.17) is 14.7 Å². The number of halogens is 3. The summed E-state index contributed by atoms with van der Waals surface area (Å²) in [5.41, 5.74) is -1.18. The fourth-order valence-electron chi connectivity index (χ4n) is 4.02. The Kier molecular flexibility index (Phi) is 8.15. The molecule has 0 aromatic heterocycles. The fourth-order valence-corrected chi connectivity index (χ4v) is 4.02. The van der Waals surface area contributed by atoms with Crippen LogP contribution in [0.2, 0.25) is 0 Å². The standard InChI is InChI=1S/C25H26F3NO3/c1-2-3-4-16-5-7-17(8-6-16)15-31-18-9-10-20(22(26)11-18)25(30)32-19-12-23(27)21(14-29)24(28)13-19/h9-13,16-17H,2-8,15H2,1H3. The smallest absolute Gasteiger partial charge is 0.346 e. The van der Waals surface area contributed by atoms with Crippen molar-refractivity contribution in [1.29, 1.82) is 5.26 Å². The molecule has 1 aliphatic carbocycles. The molecule has 32 heavy (non-hydrogen) atoms. The van der Waals surface area contributed by atoms with Crippen molar-refractivity contribution in [2.75, 3.05) is 6.61 Å². The number of hydrogen-bond acceptors (Lipinski definition) is 4. The van der Waals surface area contributed by atoms with Gasteiger partial charge in [0.15, 0.2) is 0 Å². The molecule has 170 valence electrons. The van der Waals surface area contributed by atoms with Crippen molar-refractivity contribution < 1.29 is 27.4 Å². The van der Waals surface area contributed by atoms with Crippen molar-refractivity contribution in [2.45, 2.75) is 51.9 Å². The molecule has 2 aromatic rings. The number of ether oxygens (including phenoxy) is 2. The molecule has 0 heterocycles. The summed E-state index contributed by atoms with van der Waals surface area (Å²) in [6.45, 7) is 2.70. The van der Waals surface area contributed by atoms with Gasteiger partial charge in [0.2, 0.25) is 0 Å². The summed E-state index contributed by atoms with van der Waals surface area (Å²) in [6.07, 6.45) is 8.37. The third kappa shape index (κ3) is 6.03. The van der Waals surface area contributed by atoms with E-state index in [1.54, 1.807) is 0 Å². The van der Waals surface area contributed by atoms with Crippen molar-refractivity contribution in [3.05, 3.63) is 58.9 Å². The van der Waals surface area contributed by atoms with Gasteiger partial charge in [0.1, 0.15) is 40.6 Å². The lowest BCUT2D eigenvalue weighted by atomic mass is 9.80. The topological polar surface area (TPSA) is 59.3 Å². The van der Waals surface area contributed by atoms with Gasteiger partial charge in [0, 0.05) is 18.2 Å². The molecular formula is C25H26F3NO3. The molecule has 1 fully saturated rings. The van der Waals surface area contributed by atoms with Gasteiger partial charge in [-0.15, -0.1) is 0 Å². The zero-order valence-electron chi connectivity index (χ0n) is 18.0. The van der Waals surface area contributed by atoms with Gasteiger partial charge in [0.25, 0.3) is 0 Å². The average Bonchev–Trinajstić information content (AvgIpc) is 2.76. The number of esters is 1. The third-order valence-electron chi connectivity index (χ3n) is 5.92. The van der Waals surface area contributed by atoms with Gasteiger partial charge in [-0.05, 0) is 36.8 Å². The summed E-state index contributed by atoms with van der Waals surface area (Å²) in [6, 6.07) is 6.55. The Balaban J connectivity index is 1.55. The van der Waals surface area contributed by atoms with E-state index in [-0.39, 0.29) is 5.56 Å². The van der Waals surface area contributed by atoms with Crippen LogP contribution in [0, 0.1) is 40.6 Å². The Labute approximate surface area is 186 Å². The van der Waals surface area contributed by atoms with Crippen LogP contribution in [0.5, 0.6) is 11.5 Å². The van der Waals surface area contributed by atoms with Crippen LogP contribution in [0.15, 0.2) is 30.3 Å². The molecule has 0 aliphatic heterocycles. The van der Waals surface area contributed by atoms with Gasteiger partial charge in [-0.25, -0.2) is 18.0 Å². The quantitative estimate of drug-likeness (QED) is 0.341. The molecular weight excluding hydrogens is 419 g/mol. The lowest BCUT2D eigenvalue weighted by Gasteiger charge is -2.28. The Morgan fingerprint density at radius 1 is 1.00 bits per heavy atom. The minimum atomic E-state index is -1.17. The largest absolute Gasteiger partial charge is 0.493 e. The highest BCUT2D eigenvalue weighted by molar-refractivity contribution is 5.91. The maximum absolute atomic E-state index is 14.4. The predicted octanol–water partition coefficient (Wildman–Crippen LogP) is 6.57. The highest BCUT2D eigenvalue weighted by atomic mass is 19.1. The summed E-state index contributed by atoms with van der Waals surface area (Å²) in [7, 11) is 0. The molecule has 0 N–H and O–H groups in total. The minimum absolute atomic E-state index is 0.308. The van der Waals surface area contributed by atoms with E-state index >= 15 is 0 Å². The van der Waals surface area contributed by atoms with Gasteiger partial charge in [-0.1, -0.05) is 39.0 Å². The van der Waals surface area contributed by atoms with E-state index in [1.807, 2.05) is 0 Å². The first-order chi connectivity index (χ1) is 15.4. The maximum Gasteiger partial charge on any atom is 0.346 e. The third-order valence-corrected chi connectivity index (χ3v) is 5.92. The van der Waals surface area contributed by atoms with E-state index in [1.165, 1.54) is 50.3 Å². The first kappa shape index (κ1) is 23.6. The molecule has 1 saturated carbocycles. The van der Waals surface area contributed by atoms with Gasteiger partial charge in [0.05, 0.1) is 12.2 Å². The van der Waals surface area contributed by atoms with Crippen molar-refractivity contribution in [3.63, 3.8) is 0 Å².